The number of esters is 1. The van der Waals surface area contributed by atoms with Gasteiger partial charge in [0.25, 0.3) is 0 Å². The summed E-state index contributed by atoms with van der Waals surface area (Å²) in [5.74, 6) is 0.858. The first kappa shape index (κ1) is 18.1. The predicted octanol–water partition coefficient (Wildman–Crippen LogP) is 3.80. The molecule has 21 heavy (non-hydrogen) atoms. The van der Waals surface area contributed by atoms with Crippen LogP contribution < -0.4 is 5.32 Å². The number of thioether (sulfide) groups is 1. The van der Waals surface area contributed by atoms with Gasteiger partial charge in [0.05, 0.1) is 6.61 Å². The van der Waals surface area contributed by atoms with Crippen molar-refractivity contribution in [2.45, 2.75) is 51.0 Å². The summed E-state index contributed by atoms with van der Waals surface area (Å²) in [4.78, 5) is 13.4. The number of carbonyl (C=O) groups excluding carboxylic acids is 1. The smallest absolute Gasteiger partial charge is 0.326 e. The molecule has 0 spiro atoms. The van der Waals surface area contributed by atoms with Gasteiger partial charge in [-0.25, -0.2) is 0 Å². The van der Waals surface area contributed by atoms with E-state index in [0.717, 1.165) is 25.1 Å². The second kappa shape index (κ2) is 9.11. The molecule has 0 aliphatic heterocycles. The number of likely N-dealkylation sites (N-methyl/N-ethyl adjacent to an activating group) is 1. The lowest BCUT2D eigenvalue weighted by molar-refractivity contribution is -0.150. The van der Waals surface area contributed by atoms with Crippen LogP contribution in [0.2, 0.25) is 0 Å². The van der Waals surface area contributed by atoms with Crippen molar-refractivity contribution in [3.05, 3.63) is 29.8 Å². The molecule has 0 aliphatic carbocycles. The molecule has 118 valence electrons. The summed E-state index contributed by atoms with van der Waals surface area (Å²) >= 11 is 1.84. The summed E-state index contributed by atoms with van der Waals surface area (Å²) in [5, 5.41) is 3.27. The van der Waals surface area contributed by atoms with Gasteiger partial charge < -0.3 is 10.1 Å². The van der Waals surface area contributed by atoms with Gasteiger partial charge in [0.1, 0.15) is 5.54 Å². The molecule has 0 aliphatic rings. The van der Waals surface area contributed by atoms with Gasteiger partial charge in [-0.05, 0) is 58.0 Å². The van der Waals surface area contributed by atoms with Crippen molar-refractivity contribution < 1.29 is 9.53 Å². The van der Waals surface area contributed by atoms with Gasteiger partial charge in [-0.1, -0.05) is 24.6 Å². The summed E-state index contributed by atoms with van der Waals surface area (Å²) in [7, 11) is 0. The monoisotopic (exact) mass is 309 g/mol. The molecule has 0 saturated carbocycles. The molecule has 1 atom stereocenters. The average molecular weight is 309 g/mol. The minimum Gasteiger partial charge on any atom is -0.465 e. The molecule has 3 nitrogen and oxygen atoms in total. The zero-order valence-corrected chi connectivity index (χ0v) is 14.4. The molecule has 1 rings (SSSR count). The third-order valence-corrected chi connectivity index (χ3v) is 4.45. The standard InChI is InChI=1S/C17H27NO2S/c1-5-18-17(4,16(19)20-6-2)11-8-12-21-15-10-7-9-14(3)13-15/h7,9-10,13,18H,5-6,8,11-12H2,1-4H3. The third kappa shape index (κ3) is 6.10. The Balaban J connectivity index is 2.45. The molecule has 4 heteroatoms. The quantitative estimate of drug-likeness (QED) is 0.428. The van der Waals surface area contributed by atoms with Gasteiger partial charge in [0.2, 0.25) is 0 Å². The molecule has 0 heterocycles. The summed E-state index contributed by atoms with van der Waals surface area (Å²) in [5.41, 5.74) is 0.710. The van der Waals surface area contributed by atoms with E-state index in [1.54, 1.807) is 0 Å². The van der Waals surface area contributed by atoms with Crippen molar-refractivity contribution in [1.82, 2.24) is 5.32 Å². The molecule has 0 radical (unpaired) electrons. The number of benzene rings is 1. The number of nitrogens with one attached hydrogen (secondary N) is 1. The Morgan fingerprint density at radius 2 is 2.14 bits per heavy atom. The Kier molecular flexibility index (Phi) is 7.83. The Morgan fingerprint density at radius 1 is 1.38 bits per heavy atom. The van der Waals surface area contributed by atoms with Crippen molar-refractivity contribution in [2.24, 2.45) is 0 Å². The van der Waals surface area contributed by atoms with E-state index in [2.05, 4.69) is 36.5 Å². The maximum atomic E-state index is 12.1. The molecule has 0 saturated heterocycles. The van der Waals surface area contributed by atoms with Gasteiger partial charge in [-0.15, -0.1) is 11.8 Å². The Bertz CT molecular complexity index is 450. The first-order valence-electron chi connectivity index (χ1n) is 7.63. The summed E-state index contributed by atoms with van der Waals surface area (Å²) in [6.45, 7) is 9.09. The van der Waals surface area contributed by atoms with Crippen LogP contribution in [0.25, 0.3) is 0 Å². The zero-order chi connectivity index (χ0) is 15.7. The van der Waals surface area contributed by atoms with E-state index in [1.165, 1.54) is 10.5 Å². The Hall–Kier alpha value is -1.00. The number of carbonyl (C=O) groups is 1. The fourth-order valence-electron chi connectivity index (χ4n) is 2.26. The SMILES string of the molecule is CCNC(C)(CCCSc1cccc(C)c1)C(=O)OCC. The van der Waals surface area contributed by atoms with Crippen LogP contribution in [0.3, 0.4) is 0 Å². The second-order valence-corrected chi connectivity index (χ2v) is 6.52. The van der Waals surface area contributed by atoms with Crippen molar-refractivity contribution in [3.63, 3.8) is 0 Å². The number of ether oxygens (including phenoxy) is 1. The first-order valence-corrected chi connectivity index (χ1v) is 8.62. The molecular weight excluding hydrogens is 282 g/mol. The van der Waals surface area contributed by atoms with Crippen LogP contribution in [-0.4, -0.2) is 30.4 Å². The number of hydrogen-bond acceptors (Lipinski definition) is 4. The van der Waals surface area contributed by atoms with Crippen LogP contribution in [0.5, 0.6) is 0 Å². The highest BCUT2D eigenvalue weighted by Crippen LogP contribution is 2.23. The van der Waals surface area contributed by atoms with Gasteiger partial charge in [0, 0.05) is 4.90 Å². The molecule has 0 bridgehead atoms. The maximum Gasteiger partial charge on any atom is 0.326 e. The summed E-state index contributed by atoms with van der Waals surface area (Å²) < 4.78 is 5.18. The van der Waals surface area contributed by atoms with E-state index in [1.807, 2.05) is 32.5 Å². The van der Waals surface area contributed by atoms with Crippen molar-refractivity contribution in [1.29, 1.82) is 0 Å². The highest BCUT2D eigenvalue weighted by atomic mass is 32.2. The Morgan fingerprint density at radius 3 is 2.76 bits per heavy atom. The molecule has 0 amide bonds. The van der Waals surface area contributed by atoms with Crippen LogP contribution in [0.15, 0.2) is 29.2 Å². The lowest BCUT2D eigenvalue weighted by Crippen LogP contribution is -2.50. The molecule has 1 N–H and O–H groups in total. The molecule has 1 aromatic rings. The predicted molar refractivity (Wildman–Crippen MR) is 89.9 cm³/mol. The number of aryl methyl sites for hydroxylation is 1. The minimum atomic E-state index is -0.572. The topological polar surface area (TPSA) is 38.3 Å². The minimum absolute atomic E-state index is 0.146. The summed E-state index contributed by atoms with van der Waals surface area (Å²) in [6, 6.07) is 8.51. The van der Waals surface area contributed by atoms with E-state index in [-0.39, 0.29) is 5.97 Å². The Labute approximate surface area is 132 Å². The first-order chi connectivity index (χ1) is 10.0. The van der Waals surface area contributed by atoms with Gasteiger partial charge >= 0.3 is 5.97 Å². The zero-order valence-electron chi connectivity index (χ0n) is 13.6. The van der Waals surface area contributed by atoms with E-state index in [9.17, 15) is 4.79 Å². The van der Waals surface area contributed by atoms with Gasteiger partial charge in [-0.2, -0.15) is 0 Å². The van der Waals surface area contributed by atoms with E-state index < -0.39 is 5.54 Å². The van der Waals surface area contributed by atoms with Gasteiger partial charge in [0.15, 0.2) is 0 Å². The molecular formula is C17H27NO2S. The van der Waals surface area contributed by atoms with Crippen molar-refractivity contribution >= 4 is 17.7 Å². The molecule has 0 aromatic heterocycles. The lowest BCUT2D eigenvalue weighted by Gasteiger charge is -2.28. The normalized spacial score (nSPS) is 13.7. The largest absolute Gasteiger partial charge is 0.465 e. The second-order valence-electron chi connectivity index (χ2n) is 5.35. The molecule has 0 fully saturated rings. The number of hydrogen-bond donors (Lipinski definition) is 1. The van der Waals surface area contributed by atoms with E-state index >= 15 is 0 Å². The van der Waals surface area contributed by atoms with E-state index in [4.69, 9.17) is 4.74 Å². The van der Waals surface area contributed by atoms with Gasteiger partial charge in [-0.3, -0.25) is 4.79 Å². The highest BCUT2D eigenvalue weighted by molar-refractivity contribution is 7.99. The van der Waals surface area contributed by atoms with Crippen molar-refractivity contribution in [3.8, 4) is 0 Å². The van der Waals surface area contributed by atoms with E-state index in [0.29, 0.717) is 6.61 Å². The fraction of sp³-hybridized carbons (Fsp3) is 0.588. The third-order valence-electron chi connectivity index (χ3n) is 3.37. The van der Waals surface area contributed by atoms with Crippen molar-refractivity contribution in [2.75, 3.05) is 18.9 Å². The van der Waals surface area contributed by atoms with Crippen LogP contribution in [0.1, 0.15) is 39.2 Å². The summed E-state index contributed by atoms with van der Waals surface area (Å²) in [6.07, 6.45) is 1.76. The average Bonchev–Trinajstić information content (AvgIpc) is 2.44. The van der Waals surface area contributed by atoms with Crippen LogP contribution in [0, 0.1) is 6.92 Å². The van der Waals surface area contributed by atoms with Crippen LogP contribution >= 0.6 is 11.8 Å². The molecule has 1 unspecified atom stereocenters. The van der Waals surface area contributed by atoms with Crippen LogP contribution in [-0.2, 0) is 9.53 Å². The fourth-order valence-corrected chi connectivity index (χ4v) is 3.23. The highest BCUT2D eigenvalue weighted by Gasteiger charge is 2.32. The van der Waals surface area contributed by atoms with Crippen LogP contribution in [0.4, 0.5) is 0 Å². The lowest BCUT2D eigenvalue weighted by atomic mass is 9.96. The number of rotatable bonds is 9. The molecule has 1 aromatic carbocycles. The maximum absolute atomic E-state index is 12.1.